The van der Waals surface area contributed by atoms with E-state index in [4.69, 9.17) is 9.83 Å². The van der Waals surface area contributed by atoms with E-state index in [0.717, 1.165) is 11.8 Å². The molecule has 1 atom stereocenters. The first-order valence-corrected chi connectivity index (χ1v) is 7.41. The van der Waals surface area contributed by atoms with Crippen LogP contribution in [0.3, 0.4) is 0 Å². The number of carbonyl (C=O) groups is 1. The molecule has 0 unspecified atom stereocenters. The van der Waals surface area contributed by atoms with Crippen molar-refractivity contribution < 1.29 is 14.1 Å². The molecule has 0 radical (unpaired) electrons. The highest BCUT2D eigenvalue weighted by Crippen LogP contribution is 2.41. The number of nitro groups is 1. The van der Waals surface area contributed by atoms with Crippen LogP contribution in [0.2, 0.25) is 0 Å². The normalized spacial score (nSPS) is 20.4. The van der Waals surface area contributed by atoms with Gasteiger partial charge in [-0.25, -0.2) is 4.98 Å². The van der Waals surface area contributed by atoms with E-state index in [1.54, 1.807) is 11.6 Å². The van der Waals surface area contributed by atoms with Crippen molar-refractivity contribution in [2.75, 3.05) is 0 Å². The second kappa shape index (κ2) is 5.26. The van der Waals surface area contributed by atoms with Crippen LogP contribution in [0.5, 0.6) is 0 Å². The van der Waals surface area contributed by atoms with E-state index in [0.29, 0.717) is 9.91 Å². The van der Waals surface area contributed by atoms with Crippen molar-refractivity contribution in [3.63, 3.8) is 0 Å². The SMILES string of the molecule is N=C1S/C(=C\c2ccc([N+](=O)[O-])o2)C(=O)[C@@H]1c1nccs1. The van der Waals surface area contributed by atoms with Crippen LogP contribution in [0.25, 0.3) is 6.08 Å². The number of Topliss-reactive ketones (excluding diaryl/α,β-unsaturated/α-hetero) is 1. The summed E-state index contributed by atoms with van der Waals surface area (Å²) in [6.07, 6.45) is 3.00. The Morgan fingerprint density at radius 1 is 1.48 bits per heavy atom. The number of hydrogen-bond acceptors (Lipinski definition) is 8. The van der Waals surface area contributed by atoms with Gasteiger partial charge in [-0.3, -0.25) is 20.3 Å². The smallest absolute Gasteiger partial charge is 0.401 e. The molecule has 3 heterocycles. The van der Waals surface area contributed by atoms with E-state index in [9.17, 15) is 14.9 Å². The zero-order valence-corrected chi connectivity index (χ0v) is 11.9. The summed E-state index contributed by atoms with van der Waals surface area (Å²) < 4.78 is 4.99. The highest BCUT2D eigenvalue weighted by molar-refractivity contribution is 8.19. The number of hydrogen-bond donors (Lipinski definition) is 1. The fraction of sp³-hybridized carbons (Fsp3) is 0.0833. The highest BCUT2D eigenvalue weighted by Gasteiger charge is 2.38. The van der Waals surface area contributed by atoms with Crippen molar-refractivity contribution in [2.24, 2.45) is 0 Å². The number of furan rings is 1. The third kappa shape index (κ3) is 2.52. The van der Waals surface area contributed by atoms with Crippen LogP contribution in [0.1, 0.15) is 16.7 Å². The van der Waals surface area contributed by atoms with Crippen LogP contribution in [0.15, 0.2) is 33.0 Å². The maximum absolute atomic E-state index is 12.3. The summed E-state index contributed by atoms with van der Waals surface area (Å²) in [7, 11) is 0. The fourth-order valence-corrected chi connectivity index (χ4v) is 3.62. The minimum atomic E-state index is -0.675. The molecule has 0 bridgehead atoms. The number of rotatable bonds is 3. The fourth-order valence-electron chi connectivity index (χ4n) is 1.84. The summed E-state index contributed by atoms with van der Waals surface area (Å²) in [5.41, 5.74) is 0. The van der Waals surface area contributed by atoms with E-state index >= 15 is 0 Å². The molecule has 0 spiro atoms. The standard InChI is InChI=1S/C12H7N3O4S2/c13-11-9(12-14-3-4-20-12)10(16)7(21-11)5-6-1-2-8(19-6)15(17)18/h1-5,9,13H/b7-5-,13-11?/t9-/m0/s1. The number of carbonyl (C=O) groups excluding carboxylic acids is 1. The summed E-state index contributed by atoms with van der Waals surface area (Å²) >= 11 is 2.34. The summed E-state index contributed by atoms with van der Waals surface area (Å²) in [4.78, 5) is 26.6. The molecule has 106 valence electrons. The maximum atomic E-state index is 12.3. The Hall–Kier alpha value is -2.26. The third-order valence-electron chi connectivity index (χ3n) is 2.75. The van der Waals surface area contributed by atoms with Crippen LogP contribution in [-0.2, 0) is 4.79 Å². The van der Waals surface area contributed by atoms with Gasteiger partial charge in [0.2, 0.25) is 0 Å². The quantitative estimate of drug-likeness (QED) is 0.528. The molecular formula is C12H7N3O4S2. The van der Waals surface area contributed by atoms with Crippen molar-refractivity contribution in [1.82, 2.24) is 4.98 Å². The van der Waals surface area contributed by atoms with Gasteiger partial charge in [0.1, 0.15) is 21.6 Å². The van der Waals surface area contributed by atoms with Crippen molar-refractivity contribution in [3.8, 4) is 0 Å². The molecule has 1 fully saturated rings. The number of thiazole rings is 1. The Kier molecular flexibility index (Phi) is 3.43. The molecule has 1 aliphatic heterocycles. The second-order valence-corrected chi connectivity index (χ2v) is 6.09. The van der Waals surface area contributed by atoms with Gasteiger partial charge in [-0.15, -0.1) is 11.3 Å². The lowest BCUT2D eigenvalue weighted by Crippen LogP contribution is -2.11. The van der Waals surface area contributed by atoms with E-state index in [1.807, 2.05) is 0 Å². The molecule has 0 aromatic carbocycles. The van der Waals surface area contributed by atoms with Crippen LogP contribution in [-0.4, -0.2) is 20.7 Å². The Balaban J connectivity index is 1.90. The van der Waals surface area contributed by atoms with Gasteiger partial charge >= 0.3 is 5.88 Å². The molecule has 1 saturated heterocycles. The number of ketones is 1. The molecule has 21 heavy (non-hydrogen) atoms. The summed E-state index contributed by atoms with van der Waals surface area (Å²) in [6, 6.07) is 2.64. The Bertz CT molecular complexity index is 763. The minimum Gasteiger partial charge on any atom is -0.401 e. The molecule has 9 heteroatoms. The Labute approximate surface area is 126 Å². The maximum Gasteiger partial charge on any atom is 0.433 e. The van der Waals surface area contributed by atoms with Crippen molar-refractivity contribution in [2.45, 2.75) is 5.92 Å². The van der Waals surface area contributed by atoms with Gasteiger partial charge in [0.05, 0.1) is 16.0 Å². The third-order valence-corrected chi connectivity index (χ3v) is 4.59. The zero-order chi connectivity index (χ0) is 15.0. The number of nitrogens with one attached hydrogen (secondary N) is 1. The van der Waals surface area contributed by atoms with Crippen molar-refractivity contribution in [3.05, 3.63) is 49.5 Å². The molecule has 0 saturated carbocycles. The number of aromatic nitrogens is 1. The second-order valence-electron chi connectivity index (χ2n) is 4.08. The van der Waals surface area contributed by atoms with Gasteiger partial charge in [0.25, 0.3) is 0 Å². The van der Waals surface area contributed by atoms with Gasteiger partial charge in [-0.05, 0) is 12.1 Å². The summed E-state index contributed by atoms with van der Waals surface area (Å²) in [5.74, 6) is -1.08. The molecule has 1 N–H and O–H groups in total. The summed E-state index contributed by atoms with van der Waals surface area (Å²) in [5, 5.41) is 21.0. The minimum absolute atomic E-state index is 0.197. The predicted molar refractivity (Wildman–Crippen MR) is 78.5 cm³/mol. The lowest BCUT2D eigenvalue weighted by atomic mass is 10.1. The topological polar surface area (TPSA) is 110 Å². The zero-order valence-electron chi connectivity index (χ0n) is 10.3. The van der Waals surface area contributed by atoms with Crippen LogP contribution >= 0.6 is 23.1 Å². The van der Waals surface area contributed by atoms with Crippen molar-refractivity contribution >= 4 is 45.9 Å². The first-order chi connectivity index (χ1) is 10.1. The summed E-state index contributed by atoms with van der Waals surface area (Å²) in [6.45, 7) is 0. The highest BCUT2D eigenvalue weighted by atomic mass is 32.2. The van der Waals surface area contributed by atoms with Gasteiger partial charge in [0, 0.05) is 11.6 Å². The van der Waals surface area contributed by atoms with Crippen molar-refractivity contribution in [1.29, 1.82) is 5.41 Å². The van der Waals surface area contributed by atoms with E-state index in [2.05, 4.69) is 4.98 Å². The number of thioether (sulfide) groups is 1. The molecular weight excluding hydrogens is 314 g/mol. The largest absolute Gasteiger partial charge is 0.433 e. The van der Waals surface area contributed by atoms with Gasteiger partial charge in [-0.2, -0.15) is 0 Å². The molecule has 1 aliphatic rings. The lowest BCUT2D eigenvalue weighted by molar-refractivity contribution is -0.402. The molecule has 2 aromatic rings. The van der Waals surface area contributed by atoms with E-state index in [1.165, 1.54) is 29.5 Å². The molecule has 7 nitrogen and oxygen atoms in total. The Morgan fingerprint density at radius 2 is 2.29 bits per heavy atom. The average molecular weight is 321 g/mol. The molecule has 3 rings (SSSR count). The first kappa shape index (κ1) is 13.7. The average Bonchev–Trinajstić information content (AvgIpc) is 3.12. The number of nitrogens with zero attached hydrogens (tertiary/aromatic N) is 2. The van der Waals surface area contributed by atoms with Gasteiger partial charge in [0.15, 0.2) is 5.78 Å². The van der Waals surface area contributed by atoms with Gasteiger partial charge in [-0.1, -0.05) is 11.8 Å². The van der Waals surface area contributed by atoms with Gasteiger partial charge < -0.3 is 4.42 Å². The molecule has 2 aromatic heterocycles. The molecule has 0 aliphatic carbocycles. The Morgan fingerprint density at radius 3 is 2.90 bits per heavy atom. The number of allylic oxidation sites excluding steroid dienone is 1. The van der Waals surface area contributed by atoms with Crippen LogP contribution < -0.4 is 0 Å². The predicted octanol–water partition coefficient (Wildman–Crippen LogP) is 3.06. The van der Waals surface area contributed by atoms with E-state index < -0.39 is 10.8 Å². The molecule has 0 amide bonds. The van der Waals surface area contributed by atoms with E-state index in [-0.39, 0.29) is 22.5 Å². The first-order valence-electron chi connectivity index (χ1n) is 5.72. The lowest BCUT2D eigenvalue weighted by Gasteiger charge is -2.00. The van der Waals surface area contributed by atoms with Crippen LogP contribution in [0, 0.1) is 15.5 Å². The monoisotopic (exact) mass is 321 g/mol. The van der Waals surface area contributed by atoms with Crippen LogP contribution in [0.4, 0.5) is 5.88 Å².